The lowest BCUT2D eigenvalue weighted by atomic mass is 10.1. The standard InChI is InChI=1S/C16H27N3O3/c1-13(12-20)18(2)16(21)17-11-14(15-7-6-10-22-15)19-8-4-3-5-9-19/h6-7,10,13-14,20H,3-5,8-9,11-12H2,1-2H3,(H,17,21). The Morgan fingerprint density at radius 2 is 2.18 bits per heavy atom. The molecular formula is C16H27N3O3. The van der Waals surface area contributed by atoms with Gasteiger partial charge in [0.05, 0.1) is 25.0 Å². The van der Waals surface area contributed by atoms with Gasteiger partial charge in [0.15, 0.2) is 0 Å². The van der Waals surface area contributed by atoms with E-state index in [1.165, 1.54) is 24.2 Å². The van der Waals surface area contributed by atoms with Gasteiger partial charge in [-0.3, -0.25) is 4.90 Å². The molecule has 2 heterocycles. The number of likely N-dealkylation sites (N-methyl/N-ethyl adjacent to an activating group) is 1. The minimum Gasteiger partial charge on any atom is -0.468 e. The molecule has 6 nitrogen and oxygen atoms in total. The smallest absolute Gasteiger partial charge is 0.317 e. The van der Waals surface area contributed by atoms with Gasteiger partial charge in [0.25, 0.3) is 0 Å². The summed E-state index contributed by atoms with van der Waals surface area (Å²) in [5.41, 5.74) is 0. The van der Waals surface area contributed by atoms with Crippen molar-refractivity contribution >= 4 is 6.03 Å². The summed E-state index contributed by atoms with van der Waals surface area (Å²) >= 11 is 0. The Bertz CT molecular complexity index is 443. The summed E-state index contributed by atoms with van der Waals surface area (Å²) in [6.45, 7) is 4.34. The number of amides is 2. The fourth-order valence-electron chi connectivity index (χ4n) is 2.75. The molecule has 1 aliphatic rings. The summed E-state index contributed by atoms with van der Waals surface area (Å²) in [4.78, 5) is 16.1. The van der Waals surface area contributed by atoms with Crippen LogP contribution in [-0.2, 0) is 0 Å². The number of nitrogens with zero attached hydrogens (tertiary/aromatic N) is 2. The molecule has 2 atom stereocenters. The van der Waals surface area contributed by atoms with Crippen molar-refractivity contribution in [1.29, 1.82) is 0 Å². The predicted octanol–water partition coefficient (Wildman–Crippen LogP) is 1.83. The van der Waals surface area contributed by atoms with Crippen molar-refractivity contribution in [3.63, 3.8) is 0 Å². The maximum absolute atomic E-state index is 12.2. The number of hydrogen-bond acceptors (Lipinski definition) is 4. The van der Waals surface area contributed by atoms with Crippen LogP contribution in [0.2, 0.25) is 0 Å². The maximum Gasteiger partial charge on any atom is 0.317 e. The summed E-state index contributed by atoms with van der Waals surface area (Å²) in [6, 6.07) is 3.55. The number of nitrogens with one attached hydrogen (secondary N) is 1. The highest BCUT2D eigenvalue weighted by Crippen LogP contribution is 2.24. The van der Waals surface area contributed by atoms with Gasteiger partial charge < -0.3 is 19.7 Å². The number of carbonyl (C=O) groups is 1. The Labute approximate surface area is 132 Å². The van der Waals surface area contributed by atoms with Crippen molar-refractivity contribution in [2.75, 3.05) is 33.3 Å². The van der Waals surface area contributed by atoms with E-state index in [-0.39, 0.29) is 24.7 Å². The molecule has 6 heteroatoms. The van der Waals surface area contributed by atoms with E-state index >= 15 is 0 Å². The van der Waals surface area contributed by atoms with E-state index in [0.29, 0.717) is 6.54 Å². The Morgan fingerprint density at radius 3 is 2.77 bits per heavy atom. The van der Waals surface area contributed by atoms with E-state index in [1.54, 1.807) is 13.3 Å². The van der Waals surface area contributed by atoms with Crippen molar-refractivity contribution in [2.45, 2.75) is 38.3 Å². The molecule has 0 aromatic carbocycles. The summed E-state index contributed by atoms with van der Waals surface area (Å²) in [5, 5.41) is 12.1. The number of aliphatic hydroxyl groups is 1. The molecule has 2 rings (SSSR count). The lowest BCUT2D eigenvalue weighted by Gasteiger charge is -2.34. The number of aliphatic hydroxyl groups excluding tert-OH is 1. The number of carbonyl (C=O) groups excluding carboxylic acids is 1. The first-order chi connectivity index (χ1) is 10.6. The molecular weight excluding hydrogens is 282 g/mol. The highest BCUT2D eigenvalue weighted by atomic mass is 16.3. The van der Waals surface area contributed by atoms with Gasteiger partial charge in [0, 0.05) is 13.6 Å². The normalized spacial score (nSPS) is 18.7. The predicted molar refractivity (Wildman–Crippen MR) is 84.6 cm³/mol. The zero-order valence-corrected chi connectivity index (χ0v) is 13.5. The number of furan rings is 1. The largest absolute Gasteiger partial charge is 0.468 e. The van der Waals surface area contributed by atoms with Gasteiger partial charge >= 0.3 is 6.03 Å². The molecule has 1 aromatic rings. The highest BCUT2D eigenvalue weighted by Gasteiger charge is 2.25. The topological polar surface area (TPSA) is 69.0 Å². The number of urea groups is 1. The van der Waals surface area contributed by atoms with Crippen LogP contribution < -0.4 is 5.32 Å². The molecule has 2 unspecified atom stereocenters. The molecule has 0 aliphatic carbocycles. The quantitative estimate of drug-likeness (QED) is 0.841. The Kier molecular flexibility index (Phi) is 6.27. The van der Waals surface area contributed by atoms with Gasteiger partial charge in [-0.25, -0.2) is 4.79 Å². The molecule has 124 valence electrons. The van der Waals surface area contributed by atoms with E-state index in [2.05, 4.69) is 10.2 Å². The Morgan fingerprint density at radius 1 is 1.45 bits per heavy atom. The van der Waals surface area contributed by atoms with Gasteiger partial charge in [-0.05, 0) is 45.0 Å². The van der Waals surface area contributed by atoms with Crippen molar-refractivity contribution in [3.8, 4) is 0 Å². The summed E-state index contributed by atoms with van der Waals surface area (Å²) in [5.74, 6) is 0.889. The van der Waals surface area contributed by atoms with Gasteiger partial charge in [-0.1, -0.05) is 6.42 Å². The Balaban J connectivity index is 1.96. The average molecular weight is 309 g/mol. The van der Waals surface area contributed by atoms with E-state index in [9.17, 15) is 4.79 Å². The van der Waals surface area contributed by atoms with Crippen LogP contribution in [0.1, 0.15) is 38.0 Å². The fraction of sp³-hybridized carbons (Fsp3) is 0.688. The molecule has 0 radical (unpaired) electrons. The first-order valence-corrected chi connectivity index (χ1v) is 8.02. The fourth-order valence-corrected chi connectivity index (χ4v) is 2.75. The second-order valence-electron chi connectivity index (χ2n) is 5.96. The van der Waals surface area contributed by atoms with Crippen molar-refractivity contribution in [2.24, 2.45) is 0 Å². The first kappa shape index (κ1) is 16.8. The molecule has 0 saturated carbocycles. The molecule has 22 heavy (non-hydrogen) atoms. The van der Waals surface area contributed by atoms with Crippen LogP contribution >= 0.6 is 0 Å². The SMILES string of the molecule is CC(CO)N(C)C(=O)NCC(c1ccco1)N1CCCCC1. The van der Waals surface area contributed by atoms with Gasteiger partial charge in [0.2, 0.25) is 0 Å². The summed E-state index contributed by atoms with van der Waals surface area (Å²) in [6.07, 6.45) is 5.32. The molecule has 1 fully saturated rings. The van der Waals surface area contributed by atoms with Crippen LogP contribution in [0, 0.1) is 0 Å². The van der Waals surface area contributed by atoms with Gasteiger partial charge in [0.1, 0.15) is 5.76 Å². The van der Waals surface area contributed by atoms with Crippen molar-refractivity contribution in [1.82, 2.24) is 15.1 Å². The lowest BCUT2D eigenvalue weighted by molar-refractivity contribution is 0.133. The van der Waals surface area contributed by atoms with Crippen LogP contribution in [0.15, 0.2) is 22.8 Å². The zero-order chi connectivity index (χ0) is 15.9. The molecule has 2 N–H and O–H groups in total. The van der Waals surface area contributed by atoms with Gasteiger partial charge in [-0.2, -0.15) is 0 Å². The van der Waals surface area contributed by atoms with Crippen LogP contribution in [0.25, 0.3) is 0 Å². The third-order valence-corrected chi connectivity index (χ3v) is 4.40. The molecule has 1 aromatic heterocycles. The summed E-state index contributed by atoms with van der Waals surface area (Å²) < 4.78 is 5.56. The number of hydrogen-bond donors (Lipinski definition) is 2. The van der Waals surface area contributed by atoms with E-state index in [0.717, 1.165) is 18.8 Å². The van der Waals surface area contributed by atoms with E-state index < -0.39 is 0 Å². The van der Waals surface area contributed by atoms with Crippen LogP contribution in [0.4, 0.5) is 4.79 Å². The van der Waals surface area contributed by atoms with Crippen LogP contribution in [-0.4, -0.2) is 60.3 Å². The highest BCUT2D eigenvalue weighted by molar-refractivity contribution is 5.74. The molecule has 0 spiro atoms. The lowest BCUT2D eigenvalue weighted by Crippen LogP contribution is -2.47. The average Bonchev–Trinajstić information content (AvgIpc) is 3.08. The van der Waals surface area contributed by atoms with Crippen molar-refractivity contribution < 1.29 is 14.3 Å². The molecule has 2 amide bonds. The second-order valence-corrected chi connectivity index (χ2v) is 5.96. The minimum absolute atomic E-state index is 0.0440. The Hall–Kier alpha value is -1.53. The summed E-state index contributed by atoms with van der Waals surface area (Å²) in [7, 11) is 1.69. The third kappa shape index (κ3) is 4.24. The maximum atomic E-state index is 12.2. The van der Waals surface area contributed by atoms with Gasteiger partial charge in [-0.15, -0.1) is 0 Å². The van der Waals surface area contributed by atoms with Crippen molar-refractivity contribution in [3.05, 3.63) is 24.2 Å². The number of rotatable bonds is 6. The molecule has 1 saturated heterocycles. The third-order valence-electron chi connectivity index (χ3n) is 4.40. The van der Waals surface area contributed by atoms with Crippen LogP contribution in [0.5, 0.6) is 0 Å². The van der Waals surface area contributed by atoms with E-state index in [1.807, 2.05) is 19.1 Å². The number of likely N-dealkylation sites (tertiary alicyclic amines) is 1. The second kappa shape index (κ2) is 8.19. The molecule has 1 aliphatic heterocycles. The zero-order valence-electron chi connectivity index (χ0n) is 13.5. The number of piperidine rings is 1. The molecule has 0 bridgehead atoms. The first-order valence-electron chi connectivity index (χ1n) is 8.02. The minimum atomic E-state index is -0.197. The van der Waals surface area contributed by atoms with E-state index in [4.69, 9.17) is 9.52 Å². The monoisotopic (exact) mass is 309 g/mol. The van der Waals surface area contributed by atoms with Crippen LogP contribution in [0.3, 0.4) is 0 Å².